The van der Waals surface area contributed by atoms with Gasteiger partial charge in [0, 0.05) is 17.9 Å². The number of allylic oxidation sites excluding steroid dienone is 4. The van der Waals surface area contributed by atoms with Crippen LogP contribution in [0.25, 0.3) is 0 Å². The molecule has 0 spiro atoms. The maximum atomic E-state index is 5.62. The number of rotatable bonds is 5. The Morgan fingerprint density at radius 3 is 2.58 bits per heavy atom. The van der Waals surface area contributed by atoms with E-state index in [4.69, 9.17) is 5.73 Å². The largest absolute Gasteiger partial charge is 0.356 e. The zero-order chi connectivity index (χ0) is 14.7. The highest BCUT2D eigenvalue weighted by atomic mass is 14.9. The van der Waals surface area contributed by atoms with Crippen LogP contribution >= 0.6 is 0 Å². The summed E-state index contributed by atoms with van der Waals surface area (Å²) in [6.45, 7) is 12.3. The van der Waals surface area contributed by atoms with Crippen molar-refractivity contribution >= 4 is 5.69 Å². The van der Waals surface area contributed by atoms with Gasteiger partial charge in [-0.05, 0) is 43.2 Å². The van der Waals surface area contributed by atoms with Crippen molar-refractivity contribution in [1.82, 2.24) is 0 Å². The highest BCUT2D eigenvalue weighted by Gasteiger charge is 1.96. The Kier molecular flexibility index (Phi) is 9.19. The first-order valence-corrected chi connectivity index (χ1v) is 6.72. The molecular formula is C17H26N2. The first-order chi connectivity index (χ1) is 9.19. The van der Waals surface area contributed by atoms with E-state index < -0.39 is 0 Å². The van der Waals surface area contributed by atoms with Crippen LogP contribution in [0.3, 0.4) is 0 Å². The minimum atomic E-state index is 0.558. The molecule has 0 radical (unpaired) electrons. The van der Waals surface area contributed by atoms with Crippen LogP contribution in [0, 0.1) is 0 Å². The predicted octanol–water partition coefficient (Wildman–Crippen LogP) is 4.62. The molecule has 2 nitrogen and oxygen atoms in total. The van der Waals surface area contributed by atoms with E-state index in [1.807, 2.05) is 58.0 Å². The van der Waals surface area contributed by atoms with Gasteiger partial charge in [-0.1, -0.05) is 44.7 Å². The summed E-state index contributed by atoms with van der Waals surface area (Å²) in [6, 6.07) is 8.10. The van der Waals surface area contributed by atoms with Crippen molar-refractivity contribution in [2.75, 3.05) is 5.32 Å². The van der Waals surface area contributed by atoms with E-state index in [0.29, 0.717) is 6.54 Å². The Balaban J connectivity index is 0.00000154. The SMILES string of the molecule is C=C/C(C)=C\C(=C/C)Nc1cccc(CN)c1.CC. The van der Waals surface area contributed by atoms with Gasteiger partial charge in [-0.3, -0.25) is 0 Å². The molecule has 0 fully saturated rings. The number of nitrogens with one attached hydrogen (secondary N) is 1. The van der Waals surface area contributed by atoms with Crippen molar-refractivity contribution in [3.05, 3.63) is 65.9 Å². The maximum Gasteiger partial charge on any atom is 0.0387 e. The third-order valence-electron chi connectivity index (χ3n) is 2.47. The standard InChI is InChI=1S/C15H20N2.C2H6/c1-4-12(3)9-14(5-2)17-15-8-6-7-13(10-15)11-16;1-2/h4-10,17H,1,11,16H2,2-3H3;1-2H3/b12-9-,14-5+;. The molecule has 0 aliphatic carbocycles. The topological polar surface area (TPSA) is 38.0 Å². The Labute approximate surface area is 117 Å². The highest BCUT2D eigenvalue weighted by Crippen LogP contribution is 2.14. The molecule has 1 aromatic carbocycles. The van der Waals surface area contributed by atoms with Gasteiger partial charge in [-0.15, -0.1) is 0 Å². The van der Waals surface area contributed by atoms with Crippen LogP contribution in [0.5, 0.6) is 0 Å². The van der Waals surface area contributed by atoms with Gasteiger partial charge in [-0.2, -0.15) is 0 Å². The molecule has 2 heteroatoms. The number of hydrogen-bond donors (Lipinski definition) is 2. The maximum absolute atomic E-state index is 5.62. The van der Waals surface area contributed by atoms with E-state index in [-0.39, 0.29) is 0 Å². The lowest BCUT2D eigenvalue weighted by Gasteiger charge is -2.09. The fourth-order valence-electron chi connectivity index (χ4n) is 1.44. The van der Waals surface area contributed by atoms with Crippen molar-refractivity contribution in [2.45, 2.75) is 34.2 Å². The van der Waals surface area contributed by atoms with E-state index in [2.05, 4.69) is 24.0 Å². The fourth-order valence-corrected chi connectivity index (χ4v) is 1.44. The van der Waals surface area contributed by atoms with Crippen LogP contribution in [0.1, 0.15) is 33.3 Å². The summed E-state index contributed by atoms with van der Waals surface area (Å²) >= 11 is 0. The summed E-state index contributed by atoms with van der Waals surface area (Å²) < 4.78 is 0. The van der Waals surface area contributed by atoms with Gasteiger partial charge < -0.3 is 11.1 Å². The molecule has 0 saturated carbocycles. The third-order valence-corrected chi connectivity index (χ3v) is 2.47. The second-order valence-corrected chi connectivity index (χ2v) is 3.87. The summed E-state index contributed by atoms with van der Waals surface area (Å²) in [5.41, 5.74) is 9.97. The molecule has 0 aliphatic heterocycles. The first kappa shape index (κ1) is 17.2. The molecule has 0 heterocycles. The Morgan fingerprint density at radius 2 is 2.05 bits per heavy atom. The van der Waals surface area contributed by atoms with Crippen molar-refractivity contribution in [2.24, 2.45) is 5.73 Å². The average molecular weight is 258 g/mol. The smallest absolute Gasteiger partial charge is 0.0387 e. The van der Waals surface area contributed by atoms with Crippen molar-refractivity contribution < 1.29 is 0 Å². The molecule has 0 atom stereocenters. The third kappa shape index (κ3) is 6.63. The molecule has 0 amide bonds. The number of hydrogen-bond acceptors (Lipinski definition) is 2. The monoisotopic (exact) mass is 258 g/mol. The normalized spacial score (nSPS) is 11.4. The van der Waals surface area contributed by atoms with Crippen LogP contribution in [-0.4, -0.2) is 0 Å². The average Bonchev–Trinajstić information content (AvgIpc) is 2.48. The van der Waals surface area contributed by atoms with E-state index in [0.717, 1.165) is 22.5 Å². The van der Waals surface area contributed by atoms with Gasteiger partial charge in [0.15, 0.2) is 0 Å². The van der Waals surface area contributed by atoms with Crippen LogP contribution in [0.2, 0.25) is 0 Å². The molecule has 104 valence electrons. The van der Waals surface area contributed by atoms with Gasteiger partial charge in [0.2, 0.25) is 0 Å². The molecule has 0 aromatic heterocycles. The lowest BCUT2D eigenvalue weighted by Crippen LogP contribution is -2.00. The van der Waals surface area contributed by atoms with E-state index in [9.17, 15) is 0 Å². The second-order valence-electron chi connectivity index (χ2n) is 3.87. The minimum absolute atomic E-state index is 0.558. The van der Waals surface area contributed by atoms with Crippen LogP contribution in [0.4, 0.5) is 5.69 Å². The van der Waals surface area contributed by atoms with Crippen molar-refractivity contribution in [3.63, 3.8) is 0 Å². The Hall–Kier alpha value is -1.80. The van der Waals surface area contributed by atoms with Gasteiger partial charge in [-0.25, -0.2) is 0 Å². The van der Waals surface area contributed by atoms with E-state index in [1.54, 1.807) is 0 Å². The van der Waals surface area contributed by atoms with Gasteiger partial charge in [0.1, 0.15) is 0 Å². The lowest BCUT2D eigenvalue weighted by atomic mass is 10.2. The molecule has 0 saturated heterocycles. The minimum Gasteiger partial charge on any atom is -0.356 e. The summed E-state index contributed by atoms with van der Waals surface area (Å²) in [5.74, 6) is 0. The summed E-state index contributed by atoms with van der Waals surface area (Å²) in [7, 11) is 0. The number of benzene rings is 1. The highest BCUT2D eigenvalue weighted by molar-refractivity contribution is 5.53. The molecule has 0 bridgehead atoms. The molecule has 0 aliphatic rings. The van der Waals surface area contributed by atoms with E-state index >= 15 is 0 Å². The molecule has 1 rings (SSSR count). The molecule has 19 heavy (non-hydrogen) atoms. The van der Waals surface area contributed by atoms with Gasteiger partial charge >= 0.3 is 0 Å². The van der Waals surface area contributed by atoms with Gasteiger partial charge in [0.25, 0.3) is 0 Å². The Morgan fingerprint density at radius 1 is 1.37 bits per heavy atom. The number of nitrogens with two attached hydrogens (primary N) is 1. The summed E-state index contributed by atoms with van der Waals surface area (Å²) in [4.78, 5) is 0. The molecule has 1 aromatic rings. The number of anilines is 1. The summed E-state index contributed by atoms with van der Waals surface area (Å²) in [6.07, 6.45) is 5.92. The van der Waals surface area contributed by atoms with Crippen LogP contribution in [0.15, 0.2) is 60.3 Å². The van der Waals surface area contributed by atoms with Crippen LogP contribution in [-0.2, 0) is 6.54 Å². The summed E-state index contributed by atoms with van der Waals surface area (Å²) in [5, 5.41) is 3.35. The molecular weight excluding hydrogens is 232 g/mol. The zero-order valence-corrected chi connectivity index (χ0v) is 12.5. The fraction of sp³-hybridized carbons (Fsp3) is 0.294. The molecule has 0 unspecified atom stereocenters. The van der Waals surface area contributed by atoms with Crippen LogP contribution < -0.4 is 11.1 Å². The van der Waals surface area contributed by atoms with Crippen molar-refractivity contribution in [1.29, 1.82) is 0 Å². The van der Waals surface area contributed by atoms with Gasteiger partial charge in [0.05, 0.1) is 0 Å². The second kappa shape index (κ2) is 10.2. The Bertz CT molecular complexity index is 442. The van der Waals surface area contributed by atoms with E-state index in [1.165, 1.54) is 0 Å². The van der Waals surface area contributed by atoms with Crippen molar-refractivity contribution in [3.8, 4) is 0 Å². The predicted molar refractivity (Wildman–Crippen MR) is 87.0 cm³/mol. The lowest BCUT2D eigenvalue weighted by molar-refractivity contribution is 1.07. The zero-order valence-electron chi connectivity index (χ0n) is 12.5. The quantitative estimate of drug-likeness (QED) is 0.756. The first-order valence-electron chi connectivity index (χ1n) is 6.72. The molecule has 3 N–H and O–H groups in total.